The Kier molecular flexibility index (Phi) is 5.01. The fourth-order valence-electron chi connectivity index (χ4n) is 3.53. The first-order chi connectivity index (χ1) is 12.3. The lowest BCUT2D eigenvalue weighted by atomic mass is 10.1. The number of aromatic nitrogens is 3. The van der Waals surface area contributed by atoms with Crippen LogP contribution in [0.15, 0.2) is 35.2 Å². The summed E-state index contributed by atoms with van der Waals surface area (Å²) in [6.07, 6.45) is 7.43. The maximum Gasteiger partial charge on any atom is 0.134 e. The highest BCUT2D eigenvalue weighted by Gasteiger charge is 2.20. The molecule has 0 aliphatic carbocycles. The van der Waals surface area contributed by atoms with E-state index in [-0.39, 0.29) is 0 Å². The minimum atomic E-state index is 0.953. The van der Waals surface area contributed by atoms with Gasteiger partial charge in [-0.15, -0.1) is 0 Å². The first-order valence-electron chi connectivity index (χ1n) is 8.98. The van der Waals surface area contributed by atoms with Crippen LogP contribution in [0.5, 0.6) is 0 Å². The predicted molar refractivity (Wildman–Crippen MR) is 104 cm³/mol. The van der Waals surface area contributed by atoms with Crippen LogP contribution in [-0.4, -0.2) is 54.2 Å². The van der Waals surface area contributed by atoms with Crippen LogP contribution in [0.3, 0.4) is 0 Å². The molecule has 2 fully saturated rings. The van der Waals surface area contributed by atoms with Crippen LogP contribution in [0.1, 0.15) is 19.3 Å². The van der Waals surface area contributed by atoms with Gasteiger partial charge in [-0.3, -0.25) is 0 Å². The van der Waals surface area contributed by atoms with Crippen molar-refractivity contribution in [1.82, 2.24) is 15.0 Å². The first kappa shape index (κ1) is 16.6. The maximum absolute atomic E-state index is 4.52. The number of pyridine rings is 1. The van der Waals surface area contributed by atoms with Crippen molar-refractivity contribution in [3.05, 3.63) is 35.2 Å². The molecule has 0 bridgehead atoms. The summed E-state index contributed by atoms with van der Waals surface area (Å²) in [6, 6.07) is 6.27. The summed E-state index contributed by atoms with van der Waals surface area (Å²) in [6.45, 7) is 6.04. The van der Waals surface area contributed by atoms with Gasteiger partial charge in [-0.1, -0.05) is 0 Å². The minimum Gasteiger partial charge on any atom is -0.356 e. The molecule has 132 valence electrons. The summed E-state index contributed by atoms with van der Waals surface area (Å²) in [7, 11) is 0. The number of piperidine rings is 1. The smallest absolute Gasteiger partial charge is 0.134 e. The lowest BCUT2D eigenvalue weighted by molar-refractivity contribution is 0.572. The fourth-order valence-corrected chi connectivity index (χ4v) is 3.76. The lowest BCUT2D eigenvalue weighted by Gasteiger charge is -2.36. The molecule has 0 aromatic carbocycles. The second kappa shape index (κ2) is 7.56. The topological polar surface area (TPSA) is 48.4 Å². The quantitative estimate of drug-likeness (QED) is 0.786. The molecule has 25 heavy (non-hydrogen) atoms. The van der Waals surface area contributed by atoms with Gasteiger partial charge in [-0.05, 0) is 47.3 Å². The van der Waals surface area contributed by atoms with E-state index >= 15 is 0 Å². The van der Waals surface area contributed by atoms with Gasteiger partial charge in [0.1, 0.15) is 23.8 Å². The molecule has 0 N–H and O–H groups in total. The van der Waals surface area contributed by atoms with Crippen LogP contribution in [0, 0.1) is 0 Å². The van der Waals surface area contributed by atoms with Crippen molar-refractivity contribution in [1.29, 1.82) is 0 Å². The average Bonchev–Trinajstić information content (AvgIpc) is 2.70. The van der Waals surface area contributed by atoms with E-state index in [1.165, 1.54) is 19.3 Å². The number of rotatable bonds is 3. The van der Waals surface area contributed by atoms with Gasteiger partial charge in [-0.2, -0.15) is 0 Å². The maximum atomic E-state index is 4.52. The Hall–Kier alpha value is -1.89. The zero-order chi connectivity index (χ0) is 17.1. The fraction of sp³-hybridized carbons (Fsp3) is 0.500. The lowest BCUT2D eigenvalue weighted by Crippen LogP contribution is -2.47. The summed E-state index contributed by atoms with van der Waals surface area (Å²) < 4.78 is 1.01. The Morgan fingerprint density at radius 3 is 1.88 bits per heavy atom. The molecule has 0 atom stereocenters. The second-order valence-electron chi connectivity index (χ2n) is 6.59. The Labute approximate surface area is 157 Å². The van der Waals surface area contributed by atoms with E-state index in [9.17, 15) is 0 Å². The van der Waals surface area contributed by atoms with Crippen molar-refractivity contribution in [2.75, 3.05) is 54.0 Å². The molecule has 0 amide bonds. The highest BCUT2D eigenvalue weighted by atomic mass is 79.9. The largest absolute Gasteiger partial charge is 0.356 e. The van der Waals surface area contributed by atoms with Gasteiger partial charge in [0.2, 0.25) is 0 Å². The molecule has 2 aromatic heterocycles. The molecular weight excluding hydrogens is 380 g/mol. The van der Waals surface area contributed by atoms with Crippen LogP contribution in [0.25, 0.3) is 0 Å². The summed E-state index contributed by atoms with van der Waals surface area (Å²) >= 11 is 3.44. The van der Waals surface area contributed by atoms with Gasteiger partial charge < -0.3 is 14.7 Å². The zero-order valence-electron chi connectivity index (χ0n) is 14.3. The number of hydrogen-bond donors (Lipinski definition) is 0. The number of piperazine rings is 1. The Bertz CT molecular complexity index is 693. The molecular formula is C18H23BrN6. The molecule has 2 aromatic rings. The van der Waals surface area contributed by atoms with E-state index in [0.29, 0.717) is 0 Å². The Balaban J connectivity index is 1.41. The van der Waals surface area contributed by atoms with Gasteiger partial charge in [0.15, 0.2) is 0 Å². The Morgan fingerprint density at radius 2 is 1.28 bits per heavy atom. The standard InChI is InChI=1S/C18H23BrN6/c19-15-4-5-16(20-13-15)24-8-10-25(11-9-24)18-12-17(21-14-22-18)23-6-2-1-3-7-23/h4-5,12-14H,1-3,6-11H2. The summed E-state index contributed by atoms with van der Waals surface area (Å²) in [5, 5.41) is 0. The van der Waals surface area contributed by atoms with E-state index in [4.69, 9.17) is 0 Å². The summed E-state index contributed by atoms with van der Waals surface area (Å²) in [4.78, 5) is 20.6. The molecule has 2 aliphatic heterocycles. The van der Waals surface area contributed by atoms with Gasteiger partial charge in [-0.25, -0.2) is 15.0 Å². The van der Waals surface area contributed by atoms with Crippen molar-refractivity contribution in [3.8, 4) is 0 Å². The van der Waals surface area contributed by atoms with Crippen molar-refractivity contribution in [2.24, 2.45) is 0 Å². The SMILES string of the molecule is Brc1ccc(N2CCN(c3cc(N4CCCCC4)ncn3)CC2)nc1. The normalized spacial score (nSPS) is 18.5. The van der Waals surface area contributed by atoms with Crippen molar-refractivity contribution < 1.29 is 0 Å². The van der Waals surface area contributed by atoms with E-state index < -0.39 is 0 Å². The molecule has 2 aliphatic rings. The van der Waals surface area contributed by atoms with Crippen LogP contribution >= 0.6 is 15.9 Å². The zero-order valence-corrected chi connectivity index (χ0v) is 15.9. The molecule has 6 nitrogen and oxygen atoms in total. The van der Waals surface area contributed by atoms with E-state index in [1.807, 2.05) is 12.3 Å². The Morgan fingerprint density at radius 1 is 0.680 bits per heavy atom. The van der Waals surface area contributed by atoms with Gasteiger partial charge in [0.05, 0.1) is 0 Å². The molecule has 0 unspecified atom stereocenters. The molecule has 0 spiro atoms. The third-order valence-corrected chi connectivity index (χ3v) is 5.43. The number of hydrogen-bond acceptors (Lipinski definition) is 6. The third-order valence-electron chi connectivity index (χ3n) is 4.96. The monoisotopic (exact) mass is 402 g/mol. The van der Waals surface area contributed by atoms with Crippen LogP contribution in [-0.2, 0) is 0 Å². The number of halogens is 1. The van der Waals surface area contributed by atoms with Gasteiger partial charge >= 0.3 is 0 Å². The van der Waals surface area contributed by atoms with Crippen LogP contribution < -0.4 is 14.7 Å². The van der Waals surface area contributed by atoms with Crippen molar-refractivity contribution in [3.63, 3.8) is 0 Å². The minimum absolute atomic E-state index is 0.953. The van der Waals surface area contributed by atoms with Gasteiger partial charge in [0.25, 0.3) is 0 Å². The molecule has 2 saturated heterocycles. The third kappa shape index (κ3) is 3.86. The molecule has 4 rings (SSSR count). The molecule has 7 heteroatoms. The molecule has 4 heterocycles. The highest BCUT2D eigenvalue weighted by Crippen LogP contribution is 2.23. The summed E-state index contributed by atoms with van der Waals surface area (Å²) in [5.74, 6) is 3.15. The van der Waals surface area contributed by atoms with E-state index in [2.05, 4.69) is 57.7 Å². The average molecular weight is 403 g/mol. The van der Waals surface area contributed by atoms with Gasteiger partial charge in [0, 0.05) is 56.0 Å². The number of nitrogens with zero attached hydrogens (tertiary/aromatic N) is 6. The summed E-state index contributed by atoms with van der Waals surface area (Å²) in [5.41, 5.74) is 0. The van der Waals surface area contributed by atoms with Crippen LogP contribution in [0.4, 0.5) is 17.5 Å². The second-order valence-corrected chi connectivity index (χ2v) is 7.51. The van der Waals surface area contributed by atoms with E-state index in [0.717, 1.165) is 61.2 Å². The molecule has 0 saturated carbocycles. The predicted octanol–water partition coefficient (Wildman–Crippen LogP) is 2.95. The van der Waals surface area contributed by atoms with Crippen molar-refractivity contribution in [2.45, 2.75) is 19.3 Å². The molecule has 0 radical (unpaired) electrons. The van der Waals surface area contributed by atoms with Crippen molar-refractivity contribution >= 4 is 33.4 Å². The van der Waals surface area contributed by atoms with E-state index in [1.54, 1.807) is 6.33 Å². The van der Waals surface area contributed by atoms with Crippen LogP contribution in [0.2, 0.25) is 0 Å². The highest BCUT2D eigenvalue weighted by molar-refractivity contribution is 9.10. The number of anilines is 3. The first-order valence-corrected chi connectivity index (χ1v) is 9.77.